The van der Waals surface area contributed by atoms with E-state index in [1.165, 1.54) is 17.5 Å². The van der Waals surface area contributed by atoms with Crippen molar-refractivity contribution in [2.75, 3.05) is 6.61 Å². The fraction of sp³-hybridized carbons (Fsp3) is 0.250. The van der Waals surface area contributed by atoms with Crippen LogP contribution in [-0.2, 0) is 11.2 Å². The zero-order chi connectivity index (χ0) is 17.8. The minimum atomic E-state index is -0.114. The highest BCUT2D eigenvalue weighted by molar-refractivity contribution is 5.78. The molecule has 132 valence electrons. The fourth-order valence-electron chi connectivity index (χ4n) is 3.37. The van der Waals surface area contributed by atoms with Crippen LogP contribution in [-0.4, -0.2) is 27.7 Å². The fourth-order valence-corrected chi connectivity index (χ4v) is 3.37. The van der Waals surface area contributed by atoms with Crippen molar-refractivity contribution in [3.8, 4) is 17.1 Å². The summed E-state index contributed by atoms with van der Waals surface area (Å²) in [5, 5.41) is 9.75. The number of rotatable bonds is 5. The lowest BCUT2D eigenvalue weighted by Gasteiger charge is -2.26. The third-order valence-electron chi connectivity index (χ3n) is 4.60. The molecule has 3 aromatic rings. The molecule has 1 aliphatic carbocycles. The van der Waals surface area contributed by atoms with E-state index < -0.39 is 0 Å². The molecule has 0 fully saturated rings. The topological polar surface area (TPSA) is 79.9 Å². The molecule has 6 heteroatoms. The molecule has 4 rings (SSSR count). The van der Waals surface area contributed by atoms with Gasteiger partial charge in [0.15, 0.2) is 12.4 Å². The number of aryl methyl sites for hydroxylation is 1. The molecule has 0 radical (unpaired) electrons. The number of H-pyrrole nitrogens is 1. The molecular formula is C20H20N4O2. The number of hydrogen-bond acceptors (Lipinski definition) is 4. The van der Waals surface area contributed by atoms with E-state index in [9.17, 15) is 4.79 Å². The van der Waals surface area contributed by atoms with Crippen molar-refractivity contribution in [2.45, 2.75) is 25.3 Å². The summed E-state index contributed by atoms with van der Waals surface area (Å²) in [6, 6.07) is 15.8. The van der Waals surface area contributed by atoms with Crippen molar-refractivity contribution in [3.63, 3.8) is 0 Å². The van der Waals surface area contributed by atoms with Gasteiger partial charge in [0.2, 0.25) is 0 Å². The van der Waals surface area contributed by atoms with Crippen LogP contribution < -0.4 is 10.1 Å². The molecule has 26 heavy (non-hydrogen) atoms. The molecule has 1 atom stereocenters. The first-order valence-corrected chi connectivity index (χ1v) is 8.75. The van der Waals surface area contributed by atoms with Crippen LogP contribution in [0, 0.1) is 0 Å². The van der Waals surface area contributed by atoms with Gasteiger partial charge in [-0.1, -0.05) is 36.4 Å². The summed E-state index contributed by atoms with van der Waals surface area (Å²) in [4.78, 5) is 16.5. The average molecular weight is 348 g/mol. The van der Waals surface area contributed by atoms with Crippen molar-refractivity contribution in [1.29, 1.82) is 0 Å². The van der Waals surface area contributed by atoms with Crippen LogP contribution >= 0.6 is 0 Å². The van der Waals surface area contributed by atoms with Crippen molar-refractivity contribution in [2.24, 2.45) is 0 Å². The highest BCUT2D eigenvalue weighted by atomic mass is 16.5. The first-order chi connectivity index (χ1) is 12.8. The number of nitrogens with zero attached hydrogens (tertiary/aromatic N) is 2. The molecule has 2 aromatic carbocycles. The average Bonchev–Trinajstić information content (AvgIpc) is 3.22. The lowest BCUT2D eigenvalue weighted by Crippen LogP contribution is -2.34. The van der Waals surface area contributed by atoms with E-state index in [-0.39, 0.29) is 18.6 Å². The maximum Gasteiger partial charge on any atom is 0.258 e. The molecule has 0 bridgehead atoms. The maximum atomic E-state index is 12.3. The highest BCUT2D eigenvalue weighted by Crippen LogP contribution is 2.29. The van der Waals surface area contributed by atoms with Crippen LogP contribution in [0.5, 0.6) is 5.75 Å². The van der Waals surface area contributed by atoms with E-state index in [0.717, 1.165) is 24.8 Å². The predicted molar refractivity (Wildman–Crippen MR) is 97.6 cm³/mol. The molecule has 1 aliphatic rings. The van der Waals surface area contributed by atoms with Gasteiger partial charge in [-0.05, 0) is 42.5 Å². The number of nitrogens with one attached hydrogen (secondary N) is 2. The van der Waals surface area contributed by atoms with Crippen molar-refractivity contribution in [3.05, 3.63) is 66.0 Å². The van der Waals surface area contributed by atoms with Gasteiger partial charge < -0.3 is 10.1 Å². The first kappa shape index (κ1) is 16.3. The Morgan fingerprint density at radius 2 is 2.15 bits per heavy atom. The molecule has 6 nitrogen and oxygen atoms in total. The lowest BCUT2D eigenvalue weighted by atomic mass is 9.88. The Morgan fingerprint density at radius 3 is 3.04 bits per heavy atom. The van der Waals surface area contributed by atoms with Crippen LogP contribution in [0.4, 0.5) is 0 Å². The number of carbonyl (C=O) groups is 1. The second-order valence-corrected chi connectivity index (χ2v) is 6.36. The van der Waals surface area contributed by atoms with E-state index in [1.807, 2.05) is 36.4 Å². The summed E-state index contributed by atoms with van der Waals surface area (Å²) in [5.74, 6) is 1.17. The molecule has 2 N–H and O–H groups in total. The largest absolute Gasteiger partial charge is 0.484 e. The minimum absolute atomic E-state index is 0.0154. The van der Waals surface area contributed by atoms with Gasteiger partial charge in [0.1, 0.15) is 12.1 Å². The molecule has 1 heterocycles. The molecule has 1 aromatic heterocycles. The lowest BCUT2D eigenvalue weighted by molar-refractivity contribution is -0.123. The van der Waals surface area contributed by atoms with Crippen LogP contribution in [0.2, 0.25) is 0 Å². The quantitative estimate of drug-likeness (QED) is 0.743. The first-order valence-electron chi connectivity index (χ1n) is 8.75. The van der Waals surface area contributed by atoms with Crippen molar-refractivity contribution < 1.29 is 9.53 Å². The van der Waals surface area contributed by atoms with Crippen LogP contribution in [0.25, 0.3) is 11.4 Å². The summed E-state index contributed by atoms with van der Waals surface area (Å²) in [6.07, 6.45) is 4.58. The SMILES string of the molecule is O=C(COc1cccc(-c2ncn[nH]2)c1)N[C@H]1CCCc2ccccc21. The highest BCUT2D eigenvalue weighted by Gasteiger charge is 2.21. The predicted octanol–water partition coefficient (Wildman–Crippen LogP) is 3.04. The zero-order valence-corrected chi connectivity index (χ0v) is 14.3. The summed E-state index contributed by atoms with van der Waals surface area (Å²) in [5.41, 5.74) is 3.41. The van der Waals surface area contributed by atoms with E-state index >= 15 is 0 Å². The molecular weight excluding hydrogens is 328 g/mol. The Balaban J connectivity index is 1.37. The minimum Gasteiger partial charge on any atom is -0.484 e. The summed E-state index contributed by atoms with van der Waals surface area (Å²) in [6.45, 7) is -0.0154. The van der Waals surface area contributed by atoms with Gasteiger partial charge in [-0.2, -0.15) is 5.10 Å². The second-order valence-electron chi connectivity index (χ2n) is 6.36. The van der Waals surface area contributed by atoms with E-state index in [2.05, 4.69) is 32.6 Å². The number of aromatic amines is 1. The summed E-state index contributed by atoms with van der Waals surface area (Å²) in [7, 11) is 0. The van der Waals surface area contributed by atoms with Gasteiger partial charge in [-0.25, -0.2) is 4.98 Å². The molecule has 1 amide bonds. The van der Waals surface area contributed by atoms with Crippen LogP contribution in [0.1, 0.15) is 30.0 Å². The van der Waals surface area contributed by atoms with Gasteiger partial charge in [0, 0.05) is 5.56 Å². The molecule has 0 aliphatic heterocycles. The Kier molecular flexibility index (Phi) is 4.64. The van der Waals surface area contributed by atoms with Crippen LogP contribution in [0.3, 0.4) is 0 Å². The third kappa shape index (κ3) is 3.59. The maximum absolute atomic E-state index is 12.3. The van der Waals surface area contributed by atoms with E-state index in [0.29, 0.717) is 11.6 Å². The van der Waals surface area contributed by atoms with Gasteiger partial charge in [-0.3, -0.25) is 9.89 Å². The number of hydrogen-bond donors (Lipinski definition) is 2. The summed E-state index contributed by atoms with van der Waals surface area (Å²) >= 11 is 0. The number of ether oxygens (including phenoxy) is 1. The molecule has 0 spiro atoms. The summed E-state index contributed by atoms with van der Waals surface area (Å²) < 4.78 is 5.66. The van der Waals surface area contributed by atoms with Gasteiger partial charge >= 0.3 is 0 Å². The molecule has 0 unspecified atom stereocenters. The Labute approximate surface area is 151 Å². The van der Waals surface area contributed by atoms with Gasteiger partial charge in [0.25, 0.3) is 5.91 Å². The Morgan fingerprint density at radius 1 is 1.23 bits per heavy atom. The Bertz CT molecular complexity index is 892. The molecule has 0 saturated carbocycles. The number of aromatic nitrogens is 3. The monoisotopic (exact) mass is 348 g/mol. The third-order valence-corrected chi connectivity index (χ3v) is 4.60. The number of amides is 1. The zero-order valence-electron chi connectivity index (χ0n) is 14.3. The Hall–Kier alpha value is -3.15. The number of carbonyl (C=O) groups excluding carboxylic acids is 1. The van der Waals surface area contributed by atoms with E-state index in [1.54, 1.807) is 0 Å². The number of fused-ring (bicyclic) bond motifs is 1. The number of benzene rings is 2. The van der Waals surface area contributed by atoms with Gasteiger partial charge in [-0.15, -0.1) is 0 Å². The molecule has 0 saturated heterocycles. The second kappa shape index (κ2) is 7.39. The smallest absolute Gasteiger partial charge is 0.258 e. The normalized spacial score (nSPS) is 15.9. The van der Waals surface area contributed by atoms with Crippen molar-refractivity contribution >= 4 is 5.91 Å². The standard InChI is InChI=1S/C20H20N4O2/c25-19(23-18-10-4-6-14-5-1-2-9-17(14)18)12-26-16-8-3-7-15(11-16)20-21-13-22-24-20/h1-3,5,7-9,11,13,18H,4,6,10,12H2,(H,23,25)(H,21,22,24)/t18-/m0/s1. The van der Waals surface area contributed by atoms with Crippen molar-refractivity contribution in [1.82, 2.24) is 20.5 Å². The van der Waals surface area contributed by atoms with E-state index in [4.69, 9.17) is 4.74 Å². The van der Waals surface area contributed by atoms with Crippen LogP contribution in [0.15, 0.2) is 54.9 Å². The van der Waals surface area contributed by atoms with Gasteiger partial charge in [0.05, 0.1) is 6.04 Å².